The van der Waals surface area contributed by atoms with Gasteiger partial charge in [-0.1, -0.05) is 30.3 Å². The number of imidazole rings is 1. The van der Waals surface area contributed by atoms with Gasteiger partial charge in [0.05, 0.1) is 12.6 Å². The summed E-state index contributed by atoms with van der Waals surface area (Å²) in [5, 5.41) is 13.5. The standard InChI is InChI=1S/C17H22N6O3/c1-21-14-13(15(25)22(2)17(21)26)23(16(18)20-14)10-12(24)9-19-8-11-6-4-3-5-7-11/h3-7,12,19,24H,8-10H2,1-2H3,(H2,18,20,25)/p+1. The Balaban J connectivity index is 1.79. The smallest absolute Gasteiger partial charge is 0.355 e. The maximum atomic E-state index is 12.5. The third-order valence-electron chi connectivity index (χ3n) is 4.39. The fourth-order valence-electron chi connectivity index (χ4n) is 2.97. The molecule has 138 valence electrons. The van der Waals surface area contributed by atoms with Crippen LogP contribution in [0.3, 0.4) is 0 Å². The summed E-state index contributed by atoms with van der Waals surface area (Å²) in [4.78, 5) is 27.3. The monoisotopic (exact) mass is 359 g/mol. The highest BCUT2D eigenvalue weighted by atomic mass is 16.3. The van der Waals surface area contributed by atoms with E-state index in [2.05, 4.69) is 10.3 Å². The first-order valence-electron chi connectivity index (χ1n) is 8.30. The maximum absolute atomic E-state index is 12.5. The number of aryl methyl sites for hydroxylation is 1. The highest BCUT2D eigenvalue weighted by Gasteiger charge is 2.24. The van der Waals surface area contributed by atoms with Crippen molar-refractivity contribution in [1.82, 2.24) is 19.4 Å². The third kappa shape index (κ3) is 3.26. The SMILES string of the molecule is Cn1c(=O)c2c([nH]c(N)[n+]2CC(O)CNCc2ccccc2)n(C)c1=O. The molecule has 1 aromatic carbocycles. The maximum Gasteiger partial charge on any atom is 0.355 e. The number of H-pyrrole nitrogens is 1. The van der Waals surface area contributed by atoms with E-state index in [1.165, 1.54) is 16.2 Å². The molecule has 0 spiro atoms. The van der Waals surface area contributed by atoms with Crippen molar-refractivity contribution < 1.29 is 9.67 Å². The van der Waals surface area contributed by atoms with Crippen LogP contribution in [0.15, 0.2) is 39.9 Å². The van der Waals surface area contributed by atoms with Crippen LogP contribution in [0.4, 0.5) is 5.95 Å². The molecule has 0 aliphatic rings. The minimum atomic E-state index is -0.757. The van der Waals surface area contributed by atoms with Crippen LogP contribution in [0.25, 0.3) is 11.2 Å². The van der Waals surface area contributed by atoms with E-state index in [1.807, 2.05) is 30.3 Å². The first-order valence-corrected chi connectivity index (χ1v) is 8.30. The van der Waals surface area contributed by atoms with Crippen molar-refractivity contribution in [3.8, 4) is 0 Å². The molecule has 3 aromatic rings. The Morgan fingerprint density at radius 3 is 2.62 bits per heavy atom. The number of anilines is 1. The fourth-order valence-corrected chi connectivity index (χ4v) is 2.97. The van der Waals surface area contributed by atoms with Gasteiger partial charge >= 0.3 is 11.6 Å². The number of nitrogens with two attached hydrogens (primary N) is 1. The van der Waals surface area contributed by atoms with Gasteiger partial charge in [-0.3, -0.25) is 19.7 Å². The van der Waals surface area contributed by atoms with Gasteiger partial charge in [0, 0.05) is 27.2 Å². The van der Waals surface area contributed by atoms with Crippen molar-refractivity contribution in [3.05, 3.63) is 56.7 Å². The molecule has 1 unspecified atom stereocenters. The van der Waals surface area contributed by atoms with E-state index in [4.69, 9.17) is 5.73 Å². The molecule has 0 aliphatic heterocycles. The van der Waals surface area contributed by atoms with E-state index in [-0.39, 0.29) is 18.0 Å². The summed E-state index contributed by atoms with van der Waals surface area (Å²) in [6, 6.07) is 9.85. The fraction of sp³-hybridized carbons (Fsp3) is 0.353. The predicted molar refractivity (Wildman–Crippen MR) is 97.5 cm³/mol. The molecule has 0 fully saturated rings. The molecule has 0 saturated heterocycles. The van der Waals surface area contributed by atoms with Crippen molar-refractivity contribution in [1.29, 1.82) is 0 Å². The zero-order chi connectivity index (χ0) is 18.8. The number of rotatable bonds is 6. The number of benzene rings is 1. The number of hydrogen-bond donors (Lipinski definition) is 4. The lowest BCUT2D eigenvalue weighted by molar-refractivity contribution is -0.664. The second kappa shape index (κ2) is 7.14. The summed E-state index contributed by atoms with van der Waals surface area (Å²) >= 11 is 0. The Morgan fingerprint density at radius 2 is 1.92 bits per heavy atom. The first kappa shape index (κ1) is 17.9. The van der Waals surface area contributed by atoms with Crippen molar-refractivity contribution in [3.63, 3.8) is 0 Å². The molecule has 3 rings (SSSR count). The predicted octanol–water partition coefficient (Wildman–Crippen LogP) is -1.41. The van der Waals surface area contributed by atoms with Crippen LogP contribution in [-0.4, -0.2) is 31.9 Å². The summed E-state index contributed by atoms with van der Waals surface area (Å²) in [5.74, 6) is 0.209. The normalized spacial score (nSPS) is 12.6. The number of aromatic nitrogens is 4. The van der Waals surface area contributed by atoms with E-state index in [1.54, 1.807) is 7.05 Å². The van der Waals surface area contributed by atoms with Crippen molar-refractivity contribution in [2.45, 2.75) is 19.2 Å². The summed E-state index contributed by atoms with van der Waals surface area (Å²) in [6.45, 7) is 1.09. The van der Waals surface area contributed by atoms with Gasteiger partial charge in [0.25, 0.3) is 5.56 Å². The molecule has 26 heavy (non-hydrogen) atoms. The van der Waals surface area contributed by atoms with Gasteiger partial charge in [0.2, 0.25) is 11.2 Å². The van der Waals surface area contributed by atoms with Gasteiger partial charge < -0.3 is 10.4 Å². The molecule has 5 N–H and O–H groups in total. The summed E-state index contributed by atoms with van der Waals surface area (Å²) in [5.41, 5.74) is 6.78. The van der Waals surface area contributed by atoms with Gasteiger partial charge in [0.1, 0.15) is 0 Å². The largest absolute Gasteiger partial charge is 0.388 e. The lowest BCUT2D eigenvalue weighted by Gasteiger charge is -2.11. The van der Waals surface area contributed by atoms with E-state index < -0.39 is 17.4 Å². The van der Waals surface area contributed by atoms with Gasteiger partial charge in [-0.2, -0.15) is 0 Å². The first-order chi connectivity index (χ1) is 12.4. The Morgan fingerprint density at radius 1 is 1.23 bits per heavy atom. The van der Waals surface area contributed by atoms with Gasteiger partial charge in [-0.15, -0.1) is 0 Å². The molecule has 1 atom stereocenters. The number of aliphatic hydroxyl groups excluding tert-OH is 1. The number of aromatic amines is 1. The highest BCUT2D eigenvalue weighted by Crippen LogP contribution is 2.04. The molecule has 0 saturated carbocycles. The van der Waals surface area contributed by atoms with Crippen LogP contribution < -0.4 is 26.9 Å². The number of fused-ring (bicyclic) bond motifs is 1. The van der Waals surface area contributed by atoms with Crippen LogP contribution >= 0.6 is 0 Å². The topological polar surface area (TPSA) is 122 Å². The van der Waals surface area contributed by atoms with E-state index in [0.717, 1.165) is 10.1 Å². The molecule has 9 heteroatoms. The Kier molecular flexibility index (Phi) is 4.92. The number of aliphatic hydroxyl groups is 1. The summed E-state index contributed by atoms with van der Waals surface area (Å²) in [6.07, 6.45) is -0.757. The number of hydrogen-bond acceptors (Lipinski definition) is 5. The van der Waals surface area contributed by atoms with Gasteiger partial charge in [0.15, 0.2) is 0 Å². The minimum Gasteiger partial charge on any atom is -0.388 e. The van der Waals surface area contributed by atoms with Crippen molar-refractivity contribution in [2.75, 3.05) is 12.3 Å². The van der Waals surface area contributed by atoms with E-state index in [0.29, 0.717) is 18.7 Å². The van der Waals surface area contributed by atoms with Gasteiger partial charge in [-0.25, -0.2) is 14.3 Å². The quantitative estimate of drug-likeness (QED) is 0.403. The van der Waals surface area contributed by atoms with Crippen molar-refractivity contribution >= 4 is 17.1 Å². The van der Waals surface area contributed by atoms with Crippen LogP contribution in [0.5, 0.6) is 0 Å². The number of nitrogen functional groups attached to an aromatic ring is 1. The molecule has 2 heterocycles. The number of nitrogens with zero attached hydrogens (tertiary/aromatic N) is 3. The van der Waals surface area contributed by atoms with E-state index in [9.17, 15) is 14.7 Å². The summed E-state index contributed by atoms with van der Waals surface area (Å²) < 4.78 is 3.85. The zero-order valence-electron chi connectivity index (χ0n) is 14.8. The van der Waals surface area contributed by atoms with Crippen LogP contribution in [-0.2, 0) is 27.2 Å². The lowest BCUT2D eigenvalue weighted by atomic mass is 10.2. The van der Waals surface area contributed by atoms with Crippen LogP contribution in [0, 0.1) is 0 Å². The Labute approximate surface area is 149 Å². The average molecular weight is 359 g/mol. The molecular weight excluding hydrogens is 336 g/mol. The molecule has 0 bridgehead atoms. The number of nitrogens with one attached hydrogen (secondary N) is 2. The van der Waals surface area contributed by atoms with Gasteiger partial charge in [-0.05, 0) is 5.56 Å². The van der Waals surface area contributed by atoms with E-state index >= 15 is 0 Å². The average Bonchev–Trinajstić information content (AvgIpc) is 2.95. The molecule has 2 aromatic heterocycles. The zero-order valence-corrected chi connectivity index (χ0v) is 14.8. The second-order valence-electron chi connectivity index (χ2n) is 6.29. The second-order valence-corrected chi connectivity index (χ2v) is 6.29. The molecule has 0 aliphatic carbocycles. The van der Waals surface area contributed by atoms with Crippen molar-refractivity contribution in [2.24, 2.45) is 14.1 Å². The minimum absolute atomic E-state index is 0.126. The van der Waals surface area contributed by atoms with Crippen LogP contribution in [0.2, 0.25) is 0 Å². The Bertz CT molecular complexity index is 1030. The molecule has 9 nitrogen and oxygen atoms in total. The molecule has 0 amide bonds. The highest BCUT2D eigenvalue weighted by molar-refractivity contribution is 5.67. The molecular formula is C17H23N6O3+. The summed E-state index contributed by atoms with van der Waals surface area (Å²) in [7, 11) is 2.97. The lowest BCUT2D eigenvalue weighted by Crippen LogP contribution is -2.48. The Hall–Kier alpha value is -2.91. The molecule has 0 radical (unpaired) electrons. The van der Waals surface area contributed by atoms with Crippen LogP contribution in [0.1, 0.15) is 5.56 Å². The third-order valence-corrected chi connectivity index (χ3v) is 4.39.